The van der Waals surface area contributed by atoms with Crippen LogP contribution in [-0.2, 0) is 11.3 Å². The molecule has 126 valence electrons. The lowest BCUT2D eigenvalue weighted by Gasteiger charge is -2.30. The molecule has 4 rings (SSSR count). The van der Waals surface area contributed by atoms with Crippen LogP contribution in [0, 0.1) is 12.8 Å². The molecule has 0 amide bonds. The maximum atomic E-state index is 5.51. The fourth-order valence-corrected chi connectivity index (χ4v) is 4.74. The molecule has 4 nitrogen and oxygen atoms in total. The second-order valence-corrected chi connectivity index (χ2v) is 7.50. The Hall–Kier alpha value is -0.970. The zero-order valence-electron chi connectivity index (χ0n) is 14.3. The third-order valence-electron chi connectivity index (χ3n) is 5.95. The summed E-state index contributed by atoms with van der Waals surface area (Å²) in [6, 6.07) is 7.92. The van der Waals surface area contributed by atoms with E-state index in [9.17, 15) is 0 Å². The highest BCUT2D eigenvalue weighted by Crippen LogP contribution is 2.33. The smallest absolute Gasteiger partial charge is 0.0547 e. The van der Waals surface area contributed by atoms with E-state index in [0.717, 1.165) is 43.5 Å². The fraction of sp³-hybridized carbons (Fsp3) is 0.737. The van der Waals surface area contributed by atoms with Gasteiger partial charge in [-0.25, -0.2) is 0 Å². The van der Waals surface area contributed by atoms with E-state index < -0.39 is 0 Å². The van der Waals surface area contributed by atoms with Gasteiger partial charge in [0.15, 0.2) is 0 Å². The van der Waals surface area contributed by atoms with Gasteiger partial charge in [0.25, 0.3) is 0 Å². The summed E-state index contributed by atoms with van der Waals surface area (Å²) in [7, 11) is 0. The van der Waals surface area contributed by atoms with Crippen LogP contribution in [0.3, 0.4) is 0 Å². The molecule has 0 N–H and O–H groups in total. The number of likely N-dealkylation sites (tertiary alicyclic amines) is 2. The van der Waals surface area contributed by atoms with E-state index in [1.54, 1.807) is 0 Å². The summed E-state index contributed by atoms with van der Waals surface area (Å²) >= 11 is 0. The molecule has 2 atom stereocenters. The minimum absolute atomic E-state index is 0.747. The lowest BCUT2D eigenvalue weighted by Crippen LogP contribution is -2.39. The maximum absolute atomic E-state index is 5.51. The van der Waals surface area contributed by atoms with Gasteiger partial charge in [0.1, 0.15) is 0 Å². The van der Waals surface area contributed by atoms with Gasteiger partial charge in [-0.05, 0) is 50.7 Å². The molecular weight excluding hydrogens is 286 g/mol. The third-order valence-corrected chi connectivity index (χ3v) is 5.95. The van der Waals surface area contributed by atoms with Gasteiger partial charge in [0.05, 0.1) is 5.69 Å². The first kappa shape index (κ1) is 15.6. The van der Waals surface area contributed by atoms with E-state index in [1.807, 2.05) is 0 Å². The van der Waals surface area contributed by atoms with Gasteiger partial charge in [-0.15, -0.1) is 0 Å². The van der Waals surface area contributed by atoms with E-state index in [2.05, 4.69) is 34.9 Å². The van der Waals surface area contributed by atoms with Crippen LogP contribution in [0.5, 0.6) is 0 Å². The van der Waals surface area contributed by atoms with Crippen molar-refractivity contribution in [2.24, 2.45) is 5.92 Å². The first-order chi connectivity index (χ1) is 11.3. The van der Waals surface area contributed by atoms with Crippen molar-refractivity contribution in [1.82, 2.24) is 14.8 Å². The highest BCUT2D eigenvalue weighted by atomic mass is 16.5. The van der Waals surface area contributed by atoms with Crippen molar-refractivity contribution >= 4 is 0 Å². The standard InChI is InChI=1S/C19H29N3O/c1-15-3-2-4-17(20-15)14-22-10-6-18-19(22)5-9-21(18)13-16-7-11-23-12-8-16/h2-4,16,18-19H,5-14H2,1H3. The average Bonchev–Trinajstić information content (AvgIpc) is 3.13. The molecule has 0 spiro atoms. The maximum Gasteiger partial charge on any atom is 0.0547 e. The molecule has 0 saturated carbocycles. The van der Waals surface area contributed by atoms with Gasteiger partial charge in [0, 0.05) is 57.2 Å². The Bertz CT molecular complexity index is 529. The van der Waals surface area contributed by atoms with Crippen molar-refractivity contribution in [1.29, 1.82) is 0 Å². The van der Waals surface area contributed by atoms with E-state index in [4.69, 9.17) is 9.72 Å². The number of rotatable bonds is 4. The first-order valence-electron chi connectivity index (χ1n) is 9.28. The summed E-state index contributed by atoms with van der Waals surface area (Å²) in [5.74, 6) is 0.856. The van der Waals surface area contributed by atoms with Crippen LogP contribution in [0.15, 0.2) is 18.2 Å². The van der Waals surface area contributed by atoms with Crippen LogP contribution in [0.4, 0.5) is 0 Å². The predicted molar refractivity (Wildman–Crippen MR) is 91.3 cm³/mol. The summed E-state index contributed by atoms with van der Waals surface area (Å²) in [5.41, 5.74) is 2.36. The Morgan fingerprint density at radius 2 is 1.78 bits per heavy atom. The highest BCUT2D eigenvalue weighted by Gasteiger charge is 2.42. The molecule has 4 heteroatoms. The topological polar surface area (TPSA) is 28.6 Å². The Morgan fingerprint density at radius 1 is 1.04 bits per heavy atom. The average molecular weight is 315 g/mol. The normalized spacial score (nSPS) is 30.0. The molecular formula is C19H29N3O. The molecule has 1 aromatic heterocycles. The number of pyridine rings is 1. The van der Waals surface area contributed by atoms with Crippen molar-refractivity contribution in [2.75, 3.05) is 32.8 Å². The molecule has 0 aromatic carbocycles. The number of ether oxygens (including phenoxy) is 1. The predicted octanol–water partition coefficient (Wildman–Crippen LogP) is 2.47. The number of aromatic nitrogens is 1. The van der Waals surface area contributed by atoms with Crippen molar-refractivity contribution in [3.63, 3.8) is 0 Å². The molecule has 3 fully saturated rings. The molecule has 2 unspecified atom stereocenters. The van der Waals surface area contributed by atoms with E-state index >= 15 is 0 Å². The van der Waals surface area contributed by atoms with Crippen LogP contribution in [-0.4, -0.2) is 59.7 Å². The summed E-state index contributed by atoms with van der Waals surface area (Å²) in [6.45, 7) is 8.85. The molecule has 0 aliphatic carbocycles. The van der Waals surface area contributed by atoms with Crippen LogP contribution >= 0.6 is 0 Å². The first-order valence-corrected chi connectivity index (χ1v) is 9.28. The SMILES string of the molecule is Cc1cccc(CN2CCC3C2CCN3CC2CCOCC2)n1. The summed E-state index contributed by atoms with van der Waals surface area (Å²) in [6.07, 6.45) is 5.18. The van der Waals surface area contributed by atoms with E-state index in [1.165, 1.54) is 51.0 Å². The molecule has 23 heavy (non-hydrogen) atoms. The second-order valence-electron chi connectivity index (χ2n) is 7.50. The third kappa shape index (κ3) is 3.44. The molecule has 3 saturated heterocycles. The molecule has 1 aromatic rings. The fourth-order valence-electron chi connectivity index (χ4n) is 4.74. The quantitative estimate of drug-likeness (QED) is 0.853. The van der Waals surface area contributed by atoms with Crippen LogP contribution in [0.25, 0.3) is 0 Å². The number of fused-ring (bicyclic) bond motifs is 1. The van der Waals surface area contributed by atoms with E-state index in [0.29, 0.717) is 0 Å². The monoisotopic (exact) mass is 315 g/mol. The lowest BCUT2D eigenvalue weighted by molar-refractivity contribution is 0.0504. The Labute approximate surface area is 139 Å². The molecule has 0 bridgehead atoms. The van der Waals surface area contributed by atoms with Crippen LogP contribution in [0.2, 0.25) is 0 Å². The molecule has 3 aliphatic heterocycles. The lowest BCUT2D eigenvalue weighted by atomic mass is 9.99. The number of hydrogen-bond donors (Lipinski definition) is 0. The van der Waals surface area contributed by atoms with Gasteiger partial charge in [-0.1, -0.05) is 6.07 Å². The minimum atomic E-state index is 0.747. The number of aryl methyl sites for hydroxylation is 1. The summed E-state index contributed by atoms with van der Waals surface area (Å²) in [5, 5.41) is 0. The zero-order chi connectivity index (χ0) is 15.6. The van der Waals surface area contributed by atoms with Crippen molar-refractivity contribution in [2.45, 2.75) is 51.2 Å². The largest absolute Gasteiger partial charge is 0.381 e. The summed E-state index contributed by atoms with van der Waals surface area (Å²) < 4.78 is 5.51. The number of nitrogens with zero attached hydrogens (tertiary/aromatic N) is 3. The van der Waals surface area contributed by atoms with Crippen LogP contribution < -0.4 is 0 Å². The van der Waals surface area contributed by atoms with Crippen molar-refractivity contribution < 1.29 is 4.74 Å². The van der Waals surface area contributed by atoms with E-state index in [-0.39, 0.29) is 0 Å². The number of hydrogen-bond acceptors (Lipinski definition) is 4. The van der Waals surface area contributed by atoms with Gasteiger partial charge in [-0.3, -0.25) is 14.8 Å². The molecule has 0 radical (unpaired) electrons. The Morgan fingerprint density at radius 3 is 2.57 bits per heavy atom. The van der Waals surface area contributed by atoms with Gasteiger partial charge in [0.2, 0.25) is 0 Å². The summed E-state index contributed by atoms with van der Waals surface area (Å²) in [4.78, 5) is 10.2. The second kappa shape index (κ2) is 6.88. The van der Waals surface area contributed by atoms with Gasteiger partial charge >= 0.3 is 0 Å². The highest BCUT2D eigenvalue weighted by molar-refractivity contribution is 5.11. The van der Waals surface area contributed by atoms with Gasteiger partial charge in [-0.2, -0.15) is 0 Å². The zero-order valence-corrected chi connectivity index (χ0v) is 14.3. The molecule has 3 aliphatic rings. The van der Waals surface area contributed by atoms with Gasteiger partial charge < -0.3 is 4.74 Å². The van der Waals surface area contributed by atoms with Crippen molar-refractivity contribution in [3.05, 3.63) is 29.6 Å². The Balaban J connectivity index is 1.35. The minimum Gasteiger partial charge on any atom is -0.381 e. The van der Waals surface area contributed by atoms with Crippen molar-refractivity contribution in [3.8, 4) is 0 Å². The Kier molecular flexibility index (Phi) is 4.65. The van der Waals surface area contributed by atoms with Crippen LogP contribution in [0.1, 0.15) is 37.1 Å². The molecule has 4 heterocycles.